The zero-order valence-corrected chi connectivity index (χ0v) is 10.8. The van der Waals surface area contributed by atoms with E-state index in [4.69, 9.17) is 10.5 Å². The van der Waals surface area contributed by atoms with Gasteiger partial charge in [0.2, 0.25) is 0 Å². The van der Waals surface area contributed by atoms with Gasteiger partial charge in [0.25, 0.3) is 5.91 Å². The summed E-state index contributed by atoms with van der Waals surface area (Å²) in [7, 11) is 3.24. The minimum atomic E-state index is -0.138. The predicted octanol–water partition coefficient (Wildman–Crippen LogP) is 1.95. The number of carbonyl (C=O) groups excluding carboxylic acids is 1. The lowest BCUT2D eigenvalue weighted by atomic mass is 10.1. The fourth-order valence-electron chi connectivity index (χ4n) is 1.75. The zero-order valence-electron chi connectivity index (χ0n) is 10.8. The van der Waals surface area contributed by atoms with E-state index in [9.17, 15) is 4.79 Å². The molecule has 5 nitrogen and oxygen atoms in total. The molecule has 0 saturated carbocycles. The van der Waals surface area contributed by atoms with E-state index in [0.29, 0.717) is 17.0 Å². The van der Waals surface area contributed by atoms with Gasteiger partial charge in [0.15, 0.2) is 0 Å². The summed E-state index contributed by atoms with van der Waals surface area (Å²) in [5.74, 6) is 0.420. The van der Waals surface area contributed by atoms with Crippen molar-refractivity contribution in [3.63, 3.8) is 0 Å². The summed E-state index contributed by atoms with van der Waals surface area (Å²) in [5.41, 5.74) is 7.53. The van der Waals surface area contributed by atoms with Crippen molar-refractivity contribution < 1.29 is 9.53 Å². The molecule has 1 amide bonds. The molecule has 1 aromatic heterocycles. The van der Waals surface area contributed by atoms with Gasteiger partial charge in [0.1, 0.15) is 5.75 Å². The Balaban J connectivity index is 2.27. The quantitative estimate of drug-likeness (QED) is 0.853. The van der Waals surface area contributed by atoms with Gasteiger partial charge in [-0.25, -0.2) is 0 Å². The minimum absolute atomic E-state index is 0.138. The number of anilines is 2. The van der Waals surface area contributed by atoms with Crippen molar-refractivity contribution in [2.24, 2.45) is 0 Å². The van der Waals surface area contributed by atoms with Gasteiger partial charge in [-0.05, 0) is 30.3 Å². The smallest absolute Gasteiger partial charge is 0.258 e. The van der Waals surface area contributed by atoms with Gasteiger partial charge >= 0.3 is 0 Å². The Morgan fingerprint density at radius 3 is 2.53 bits per heavy atom. The SMILES string of the molecule is COc1ccc(C(=O)N(C)c2ccncc2)cc1N. The summed E-state index contributed by atoms with van der Waals surface area (Å²) in [6.45, 7) is 0. The van der Waals surface area contributed by atoms with Crippen LogP contribution in [0, 0.1) is 0 Å². The topological polar surface area (TPSA) is 68.5 Å². The number of rotatable bonds is 3. The first kappa shape index (κ1) is 12.9. The molecule has 2 aromatic rings. The van der Waals surface area contributed by atoms with Crippen LogP contribution in [0.3, 0.4) is 0 Å². The Morgan fingerprint density at radius 1 is 1.26 bits per heavy atom. The molecule has 0 radical (unpaired) electrons. The fourth-order valence-corrected chi connectivity index (χ4v) is 1.75. The number of nitrogens with two attached hydrogens (primary N) is 1. The molecule has 0 aliphatic rings. The third-order valence-corrected chi connectivity index (χ3v) is 2.83. The van der Waals surface area contributed by atoms with E-state index in [2.05, 4.69) is 4.98 Å². The number of aromatic nitrogens is 1. The third kappa shape index (κ3) is 2.65. The average Bonchev–Trinajstić information content (AvgIpc) is 2.46. The maximum atomic E-state index is 12.3. The third-order valence-electron chi connectivity index (χ3n) is 2.83. The van der Waals surface area contributed by atoms with Crippen LogP contribution in [-0.4, -0.2) is 25.0 Å². The van der Waals surface area contributed by atoms with Crippen LogP contribution in [0.2, 0.25) is 0 Å². The van der Waals surface area contributed by atoms with Crippen molar-refractivity contribution in [2.75, 3.05) is 24.8 Å². The molecule has 0 atom stereocenters. The first-order valence-electron chi connectivity index (χ1n) is 5.75. The van der Waals surface area contributed by atoms with E-state index in [1.807, 2.05) is 0 Å². The molecule has 1 heterocycles. The Hall–Kier alpha value is -2.56. The second-order valence-electron chi connectivity index (χ2n) is 4.03. The van der Waals surface area contributed by atoms with Crippen LogP contribution < -0.4 is 15.4 Å². The van der Waals surface area contributed by atoms with Crippen LogP contribution in [-0.2, 0) is 0 Å². The van der Waals surface area contributed by atoms with Crippen LogP contribution in [0.5, 0.6) is 5.75 Å². The number of nitrogens with zero attached hydrogens (tertiary/aromatic N) is 2. The number of pyridine rings is 1. The molecule has 0 spiro atoms. The van der Waals surface area contributed by atoms with Gasteiger partial charge in [0.05, 0.1) is 12.8 Å². The van der Waals surface area contributed by atoms with Gasteiger partial charge in [-0.1, -0.05) is 0 Å². The molecule has 0 aliphatic carbocycles. The highest BCUT2D eigenvalue weighted by Gasteiger charge is 2.14. The number of amides is 1. The van der Waals surface area contributed by atoms with E-state index in [0.717, 1.165) is 5.69 Å². The molecule has 98 valence electrons. The normalized spacial score (nSPS) is 10.0. The number of nitrogen functional groups attached to an aromatic ring is 1. The van der Waals surface area contributed by atoms with Crippen molar-refractivity contribution in [1.29, 1.82) is 0 Å². The molecule has 0 saturated heterocycles. The number of benzene rings is 1. The number of methoxy groups -OCH3 is 1. The maximum Gasteiger partial charge on any atom is 0.258 e. The minimum Gasteiger partial charge on any atom is -0.495 e. The first-order chi connectivity index (χ1) is 9.13. The van der Waals surface area contributed by atoms with E-state index in [1.165, 1.54) is 7.11 Å². The van der Waals surface area contributed by atoms with Crippen LogP contribution in [0.1, 0.15) is 10.4 Å². The van der Waals surface area contributed by atoms with Crippen molar-refractivity contribution in [3.05, 3.63) is 48.3 Å². The summed E-state index contributed by atoms with van der Waals surface area (Å²) in [6, 6.07) is 8.52. The van der Waals surface area contributed by atoms with Gasteiger partial charge < -0.3 is 15.4 Å². The molecule has 1 aromatic carbocycles. The summed E-state index contributed by atoms with van der Waals surface area (Å²) in [6.07, 6.45) is 3.28. The standard InChI is InChI=1S/C14H15N3O2/c1-17(11-5-7-16-8-6-11)14(18)10-3-4-13(19-2)12(15)9-10/h3-9H,15H2,1-2H3. The zero-order chi connectivity index (χ0) is 13.8. The molecule has 0 aliphatic heterocycles. The monoisotopic (exact) mass is 257 g/mol. The summed E-state index contributed by atoms with van der Waals surface area (Å²) in [4.78, 5) is 17.8. The highest BCUT2D eigenvalue weighted by atomic mass is 16.5. The molecule has 0 unspecified atom stereocenters. The summed E-state index contributed by atoms with van der Waals surface area (Å²) >= 11 is 0. The van der Waals surface area contributed by atoms with Gasteiger partial charge in [-0.2, -0.15) is 0 Å². The second kappa shape index (κ2) is 5.39. The highest BCUT2D eigenvalue weighted by molar-refractivity contribution is 6.06. The molecular formula is C14H15N3O2. The van der Waals surface area contributed by atoms with Crippen molar-refractivity contribution in [2.45, 2.75) is 0 Å². The van der Waals surface area contributed by atoms with Gasteiger partial charge in [-0.15, -0.1) is 0 Å². The van der Waals surface area contributed by atoms with Crippen LogP contribution >= 0.6 is 0 Å². The lowest BCUT2D eigenvalue weighted by molar-refractivity contribution is 0.0993. The predicted molar refractivity (Wildman–Crippen MR) is 74.4 cm³/mol. The van der Waals surface area contributed by atoms with E-state index in [1.54, 1.807) is 54.7 Å². The van der Waals surface area contributed by atoms with Gasteiger partial charge in [0, 0.05) is 30.7 Å². The Kier molecular flexibility index (Phi) is 3.66. The van der Waals surface area contributed by atoms with E-state index >= 15 is 0 Å². The molecular weight excluding hydrogens is 242 g/mol. The first-order valence-corrected chi connectivity index (χ1v) is 5.75. The van der Waals surface area contributed by atoms with E-state index < -0.39 is 0 Å². The van der Waals surface area contributed by atoms with E-state index in [-0.39, 0.29) is 5.91 Å². The Morgan fingerprint density at radius 2 is 1.95 bits per heavy atom. The summed E-state index contributed by atoms with van der Waals surface area (Å²) in [5, 5.41) is 0. The number of hydrogen-bond donors (Lipinski definition) is 1. The largest absolute Gasteiger partial charge is 0.495 e. The number of hydrogen-bond acceptors (Lipinski definition) is 4. The number of carbonyl (C=O) groups is 1. The fraction of sp³-hybridized carbons (Fsp3) is 0.143. The molecule has 0 fully saturated rings. The van der Waals surface area contributed by atoms with Crippen molar-refractivity contribution in [3.8, 4) is 5.75 Å². The highest BCUT2D eigenvalue weighted by Crippen LogP contribution is 2.23. The van der Waals surface area contributed by atoms with Gasteiger partial charge in [-0.3, -0.25) is 9.78 Å². The van der Waals surface area contributed by atoms with Crippen molar-refractivity contribution >= 4 is 17.3 Å². The molecule has 5 heteroatoms. The Labute approximate surface area is 111 Å². The maximum absolute atomic E-state index is 12.3. The Bertz CT molecular complexity index is 584. The van der Waals surface area contributed by atoms with Crippen LogP contribution in [0.15, 0.2) is 42.7 Å². The second-order valence-corrected chi connectivity index (χ2v) is 4.03. The molecule has 19 heavy (non-hydrogen) atoms. The lowest BCUT2D eigenvalue weighted by Gasteiger charge is -2.17. The average molecular weight is 257 g/mol. The van der Waals surface area contributed by atoms with Crippen LogP contribution in [0.4, 0.5) is 11.4 Å². The lowest BCUT2D eigenvalue weighted by Crippen LogP contribution is -2.26. The van der Waals surface area contributed by atoms with Crippen LogP contribution in [0.25, 0.3) is 0 Å². The number of ether oxygens (including phenoxy) is 1. The molecule has 2 N–H and O–H groups in total. The van der Waals surface area contributed by atoms with Crippen molar-refractivity contribution in [1.82, 2.24) is 4.98 Å². The molecule has 2 rings (SSSR count). The molecule has 0 bridgehead atoms. The summed E-state index contributed by atoms with van der Waals surface area (Å²) < 4.78 is 5.07.